The van der Waals surface area contributed by atoms with Gasteiger partial charge in [-0.2, -0.15) is 4.39 Å². The van der Waals surface area contributed by atoms with Crippen LogP contribution < -0.4 is 4.74 Å². The number of carbonyl (C=O) groups excluding carboxylic acids is 1. The van der Waals surface area contributed by atoms with Crippen LogP contribution in [0.5, 0.6) is 5.75 Å². The van der Waals surface area contributed by atoms with Crippen LogP contribution in [-0.4, -0.2) is 24.8 Å². The highest BCUT2D eigenvalue weighted by atomic mass is 19.2. The first-order chi connectivity index (χ1) is 8.43. The van der Waals surface area contributed by atoms with E-state index < -0.39 is 40.8 Å². The van der Waals surface area contributed by atoms with Crippen LogP contribution in [0, 0.1) is 17.5 Å². The average molecular weight is 264 g/mol. The van der Waals surface area contributed by atoms with E-state index in [4.69, 9.17) is 0 Å². The number of methoxy groups -OCH3 is 1. The third-order valence-corrected chi connectivity index (χ3v) is 2.15. The molecule has 0 bridgehead atoms. The smallest absolute Gasteiger partial charge is 0.339 e. The van der Waals surface area contributed by atoms with Crippen LogP contribution in [0.2, 0.25) is 0 Å². The van der Waals surface area contributed by atoms with Crippen LogP contribution in [0.3, 0.4) is 0 Å². The van der Waals surface area contributed by atoms with E-state index in [1.807, 2.05) is 0 Å². The van der Waals surface area contributed by atoms with Gasteiger partial charge in [-0.3, -0.25) is 0 Å². The molecule has 0 radical (unpaired) electrons. The van der Waals surface area contributed by atoms with Crippen molar-refractivity contribution in [2.75, 3.05) is 13.7 Å². The fraction of sp³-hybridized carbons (Fsp3) is 0.364. The lowest BCUT2D eigenvalue weighted by Crippen LogP contribution is -2.17. The summed E-state index contributed by atoms with van der Waals surface area (Å²) in [6.07, 6.45) is -1.95. The SMILES string of the molecule is CCOC(=O)C(O)c1cc(F)c(F)c(F)c1OC. The summed E-state index contributed by atoms with van der Waals surface area (Å²) in [4.78, 5) is 11.3. The van der Waals surface area contributed by atoms with Crippen molar-refractivity contribution < 1.29 is 32.5 Å². The third kappa shape index (κ3) is 2.56. The summed E-state index contributed by atoms with van der Waals surface area (Å²) in [5, 5.41) is 9.56. The standard InChI is InChI=1S/C11H11F3O4/c1-3-18-11(16)9(15)5-4-6(12)7(13)8(14)10(5)17-2/h4,9,15H,3H2,1-2H3. The third-order valence-electron chi connectivity index (χ3n) is 2.15. The number of aliphatic hydroxyl groups is 1. The van der Waals surface area contributed by atoms with Crippen molar-refractivity contribution >= 4 is 5.97 Å². The number of esters is 1. The number of rotatable bonds is 4. The van der Waals surface area contributed by atoms with Crippen LogP contribution in [0.15, 0.2) is 6.07 Å². The number of hydrogen-bond acceptors (Lipinski definition) is 4. The van der Waals surface area contributed by atoms with Gasteiger partial charge in [0.25, 0.3) is 0 Å². The maximum Gasteiger partial charge on any atom is 0.339 e. The largest absolute Gasteiger partial charge is 0.493 e. The lowest BCUT2D eigenvalue weighted by Gasteiger charge is -2.14. The molecule has 1 unspecified atom stereocenters. The second kappa shape index (κ2) is 5.72. The van der Waals surface area contributed by atoms with Crippen LogP contribution in [0.4, 0.5) is 13.2 Å². The summed E-state index contributed by atoms with van der Waals surface area (Å²) in [5.41, 5.74) is -0.535. The van der Waals surface area contributed by atoms with E-state index in [0.29, 0.717) is 6.07 Å². The Kier molecular flexibility index (Phi) is 4.55. The number of benzene rings is 1. The van der Waals surface area contributed by atoms with E-state index in [1.54, 1.807) is 0 Å². The molecule has 0 aliphatic rings. The molecule has 0 fully saturated rings. The number of hydrogen-bond donors (Lipinski definition) is 1. The molecule has 0 aliphatic heterocycles. The molecule has 0 aromatic heterocycles. The van der Waals surface area contributed by atoms with Crippen molar-refractivity contribution in [2.24, 2.45) is 0 Å². The zero-order chi connectivity index (χ0) is 13.9. The average Bonchev–Trinajstić information content (AvgIpc) is 2.35. The minimum absolute atomic E-state index is 0.0234. The van der Waals surface area contributed by atoms with Crippen molar-refractivity contribution in [3.05, 3.63) is 29.1 Å². The van der Waals surface area contributed by atoms with Gasteiger partial charge in [0.05, 0.1) is 13.7 Å². The number of halogens is 3. The number of ether oxygens (including phenoxy) is 2. The first-order valence-electron chi connectivity index (χ1n) is 5.00. The van der Waals surface area contributed by atoms with Crippen LogP contribution in [-0.2, 0) is 9.53 Å². The summed E-state index contributed by atoms with van der Waals surface area (Å²) in [6, 6.07) is 0.485. The Hall–Kier alpha value is -1.76. The Morgan fingerprint density at radius 2 is 2.00 bits per heavy atom. The quantitative estimate of drug-likeness (QED) is 0.664. The van der Waals surface area contributed by atoms with Gasteiger partial charge in [-0.15, -0.1) is 0 Å². The van der Waals surface area contributed by atoms with E-state index in [9.17, 15) is 23.1 Å². The molecule has 1 atom stereocenters. The van der Waals surface area contributed by atoms with Gasteiger partial charge in [0.1, 0.15) is 0 Å². The minimum Gasteiger partial charge on any atom is -0.493 e. The zero-order valence-electron chi connectivity index (χ0n) is 9.67. The summed E-state index contributed by atoms with van der Waals surface area (Å²) in [7, 11) is 0.997. The fourth-order valence-corrected chi connectivity index (χ4v) is 1.36. The van der Waals surface area contributed by atoms with Crippen molar-refractivity contribution in [2.45, 2.75) is 13.0 Å². The molecule has 0 saturated carbocycles. The lowest BCUT2D eigenvalue weighted by atomic mass is 10.1. The van der Waals surface area contributed by atoms with Gasteiger partial charge in [-0.1, -0.05) is 0 Å². The molecule has 1 N–H and O–H groups in total. The molecule has 0 spiro atoms. The minimum atomic E-state index is -1.95. The highest BCUT2D eigenvalue weighted by Crippen LogP contribution is 2.32. The first-order valence-corrected chi connectivity index (χ1v) is 5.00. The summed E-state index contributed by atoms with van der Waals surface area (Å²) >= 11 is 0. The summed E-state index contributed by atoms with van der Waals surface area (Å²) in [5.74, 6) is -6.75. The molecule has 1 aromatic carbocycles. The van der Waals surface area contributed by atoms with E-state index in [-0.39, 0.29) is 6.61 Å². The van der Waals surface area contributed by atoms with Crippen molar-refractivity contribution in [3.8, 4) is 5.75 Å². The molecule has 1 rings (SSSR count). The second-order valence-corrected chi connectivity index (χ2v) is 3.26. The molecule has 0 heterocycles. The van der Waals surface area contributed by atoms with E-state index >= 15 is 0 Å². The molecular weight excluding hydrogens is 253 g/mol. The molecule has 7 heteroatoms. The second-order valence-electron chi connectivity index (χ2n) is 3.26. The Bertz CT molecular complexity index is 462. The van der Waals surface area contributed by atoms with E-state index in [2.05, 4.69) is 9.47 Å². The summed E-state index contributed by atoms with van der Waals surface area (Å²) in [6.45, 7) is 1.47. The van der Waals surface area contributed by atoms with Gasteiger partial charge in [0.15, 0.2) is 23.5 Å². The van der Waals surface area contributed by atoms with Crippen LogP contribution >= 0.6 is 0 Å². The molecule has 4 nitrogen and oxygen atoms in total. The first kappa shape index (κ1) is 14.3. The highest BCUT2D eigenvalue weighted by molar-refractivity contribution is 5.77. The Labute approximate surface area is 101 Å². The van der Waals surface area contributed by atoms with E-state index in [0.717, 1.165) is 7.11 Å². The van der Waals surface area contributed by atoms with Crippen molar-refractivity contribution in [3.63, 3.8) is 0 Å². The van der Waals surface area contributed by atoms with Gasteiger partial charge in [-0.05, 0) is 13.0 Å². The van der Waals surface area contributed by atoms with Gasteiger partial charge in [-0.25, -0.2) is 13.6 Å². The van der Waals surface area contributed by atoms with Gasteiger partial charge >= 0.3 is 5.97 Å². The number of aliphatic hydroxyl groups excluding tert-OH is 1. The monoisotopic (exact) mass is 264 g/mol. The molecular formula is C11H11F3O4. The van der Waals surface area contributed by atoms with E-state index in [1.165, 1.54) is 6.92 Å². The Morgan fingerprint density at radius 3 is 2.50 bits per heavy atom. The Morgan fingerprint density at radius 1 is 1.39 bits per heavy atom. The maximum atomic E-state index is 13.3. The van der Waals surface area contributed by atoms with Gasteiger partial charge in [0, 0.05) is 5.56 Å². The predicted molar refractivity (Wildman–Crippen MR) is 54.5 cm³/mol. The highest BCUT2D eigenvalue weighted by Gasteiger charge is 2.28. The lowest BCUT2D eigenvalue weighted by molar-refractivity contribution is -0.153. The molecule has 100 valence electrons. The molecule has 18 heavy (non-hydrogen) atoms. The fourth-order valence-electron chi connectivity index (χ4n) is 1.36. The van der Waals surface area contributed by atoms with Gasteiger partial charge < -0.3 is 14.6 Å². The normalized spacial score (nSPS) is 12.1. The van der Waals surface area contributed by atoms with Crippen LogP contribution in [0.25, 0.3) is 0 Å². The molecule has 0 amide bonds. The predicted octanol–water partition coefficient (Wildman–Crippen LogP) is 1.71. The van der Waals surface area contributed by atoms with Crippen LogP contribution in [0.1, 0.15) is 18.6 Å². The van der Waals surface area contributed by atoms with Crippen molar-refractivity contribution in [1.82, 2.24) is 0 Å². The number of carbonyl (C=O) groups is 1. The molecule has 0 saturated heterocycles. The molecule has 0 aliphatic carbocycles. The summed E-state index contributed by atoms with van der Waals surface area (Å²) < 4.78 is 48.3. The Balaban J connectivity index is 3.27. The topological polar surface area (TPSA) is 55.8 Å². The maximum absolute atomic E-state index is 13.3. The van der Waals surface area contributed by atoms with Gasteiger partial charge in [0.2, 0.25) is 5.82 Å². The zero-order valence-corrected chi connectivity index (χ0v) is 9.67. The van der Waals surface area contributed by atoms with Crippen molar-refractivity contribution in [1.29, 1.82) is 0 Å². The molecule has 1 aromatic rings.